The van der Waals surface area contributed by atoms with E-state index < -0.39 is 0 Å². The van der Waals surface area contributed by atoms with Crippen LogP contribution in [0.4, 0.5) is 0 Å². The van der Waals surface area contributed by atoms with Gasteiger partial charge < -0.3 is 11.5 Å². The minimum Gasteiger partial charge on any atom is -0.316 e. The van der Waals surface area contributed by atoms with E-state index in [2.05, 4.69) is 13.8 Å². The van der Waals surface area contributed by atoms with E-state index in [4.69, 9.17) is 11.5 Å². The Hall–Kier alpha value is -0.0800. The van der Waals surface area contributed by atoms with Gasteiger partial charge in [-0.2, -0.15) is 0 Å². The molecule has 0 bridgehead atoms. The predicted octanol–water partition coefficient (Wildman–Crippen LogP) is 2.23. The number of unbranched alkanes of at least 4 members (excludes halogenated alkanes) is 3. The summed E-state index contributed by atoms with van der Waals surface area (Å²) in [6.07, 6.45) is 6.28. The molecular weight excluding hydrogens is 136 g/mol. The highest BCUT2D eigenvalue weighted by Gasteiger charge is 1.79. The van der Waals surface area contributed by atoms with Crippen molar-refractivity contribution < 1.29 is 0 Å². The number of hydrogen-bond acceptors (Lipinski definition) is 2. The standard InChI is InChI=1S/C6H14.C3H10N2/c1-3-5-6-4-2;1-2-3(4)5/h3-6H2,1-2H3;3H,2,4-5H2,1H3. The van der Waals surface area contributed by atoms with Gasteiger partial charge in [0.2, 0.25) is 0 Å². The number of hydrogen-bond donors (Lipinski definition) is 2. The van der Waals surface area contributed by atoms with Crippen molar-refractivity contribution in [2.75, 3.05) is 0 Å². The SMILES string of the molecule is CCC(N)N.CCCCCC. The van der Waals surface area contributed by atoms with Gasteiger partial charge in [-0.3, -0.25) is 0 Å². The van der Waals surface area contributed by atoms with Crippen LogP contribution >= 0.6 is 0 Å². The summed E-state index contributed by atoms with van der Waals surface area (Å²) < 4.78 is 0. The maximum absolute atomic E-state index is 5.07. The summed E-state index contributed by atoms with van der Waals surface area (Å²) in [5, 5.41) is 0. The summed E-state index contributed by atoms with van der Waals surface area (Å²) in [6, 6.07) is 0. The van der Waals surface area contributed by atoms with Gasteiger partial charge in [0.05, 0.1) is 6.17 Å². The molecule has 0 amide bonds. The molecule has 0 aliphatic carbocycles. The molecule has 0 aromatic rings. The van der Waals surface area contributed by atoms with Crippen LogP contribution in [0, 0.1) is 0 Å². The van der Waals surface area contributed by atoms with Crippen LogP contribution in [0.3, 0.4) is 0 Å². The Balaban J connectivity index is 0. The Bertz CT molecular complexity index is 49.5. The summed E-state index contributed by atoms with van der Waals surface area (Å²) in [6.45, 7) is 6.41. The van der Waals surface area contributed by atoms with Gasteiger partial charge in [0.1, 0.15) is 0 Å². The Morgan fingerprint density at radius 3 is 1.27 bits per heavy atom. The van der Waals surface area contributed by atoms with E-state index in [0.29, 0.717) is 0 Å². The van der Waals surface area contributed by atoms with Crippen molar-refractivity contribution in [3.63, 3.8) is 0 Å². The van der Waals surface area contributed by atoms with E-state index in [1.165, 1.54) is 25.7 Å². The second-order valence-corrected chi connectivity index (χ2v) is 2.78. The van der Waals surface area contributed by atoms with Crippen LogP contribution in [0.15, 0.2) is 0 Å². The molecule has 0 saturated carbocycles. The average Bonchev–Trinajstić information content (AvgIpc) is 2.02. The van der Waals surface area contributed by atoms with Crippen molar-refractivity contribution in [1.29, 1.82) is 0 Å². The van der Waals surface area contributed by atoms with E-state index in [1.807, 2.05) is 6.92 Å². The summed E-state index contributed by atoms with van der Waals surface area (Å²) >= 11 is 0. The van der Waals surface area contributed by atoms with Crippen LogP contribution in [-0.2, 0) is 0 Å². The lowest BCUT2D eigenvalue weighted by Crippen LogP contribution is -2.28. The molecule has 4 N–H and O–H groups in total. The molecule has 0 spiro atoms. The van der Waals surface area contributed by atoms with E-state index in [0.717, 1.165) is 6.42 Å². The van der Waals surface area contributed by atoms with E-state index >= 15 is 0 Å². The Labute approximate surface area is 71.3 Å². The zero-order valence-electron chi connectivity index (χ0n) is 8.27. The van der Waals surface area contributed by atoms with E-state index in [1.54, 1.807) is 0 Å². The molecule has 70 valence electrons. The zero-order valence-corrected chi connectivity index (χ0v) is 8.27. The molecule has 0 aliphatic rings. The smallest absolute Gasteiger partial charge is 0.0518 e. The minimum atomic E-state index is -0.116. The van der Waals surface area contributed by atoms with Crippen LogP contribution in [0.5, 0.6) is 0 Å². The molecule has 2 nitrogen and oxygen atoms in total. The van der Waals surface area contributed by atoms with Crippen LogP contribution in [-0.4, -0.2) is 6.17 Å². The maximum atomic E-state index is 5.07. The minimum absolute atomic E-state index is 0.116. The third kappa shape index (κ3) is 25.7. The van der Waals surface area contributed by atoms with Crippen molar-refractivity contribution in [2.24, 2.45) is 11.5 Å². The summed E-state index contributed by atoms with van der Waals surface area (Å²) in [7, 11) is 0. The van der Waals surface area contributed by atoms with Gasteiger partial charge >= 0.3 is 0 Å². The quantitative estimate of drug-likeness (QED) is 0.489. The lowest BCUT2D eigenvalue weighted by atomic mass is 10.2. The Morgan fingerprint density at radius 1 is 0.909 bits per heavy atom. The van der Waals surface area contributed by atoms with Crippen LogP contribution in [0.2, 0.25) is 0 Å². The summed E-state index contributed by atoms with van der Waals surface area (Å²) in [5.41, 5.74) is 10.1. The average molecular weight is 160 g/mol. The first-order valence-electron chi connectivity index (χ1n) is 4.70. The molecule has 0 radical (unpaired) electrons. The number of nitrogens with two attached hydrogens (primary N) is 2. The molecule has 0 aliphatic heterocycles. The molecule has 0 unspecified atom stereocenters. The van der Waals surface area contributed by atoms with Crippen molar-refractivity contribution in [3.8, 4) is 0 Å². The molecular formula is C9H24N2. The fourth-order valence-corrected chi connectivity index (χ4v) is 0.500. The molecule has 11 heavy (non-hydrogen) atoms. The van der Waals surface area contributed by atoms with Gasteiger partial charge in [-0.05, 0) is 6.42 Å². The van der Waals surface area contributed by atoms with Gasteiger partial charge in [-0.15, -0.1) is 0 Å². The fourth-order valence-electron chi connectivity index (χ4n) is 0.500. The highest BCUT2D eigenvalue weighted by Crippen LogP contribution is 1.95. The molecule has 0 aromatic heterocycles. The van der Waals surface area contributed by atoms with Crippen molar-refractivity contribution >= 4 is 0 Å². The van der Waals surface area contributed by atoms with Crippen molar-refractivity contribution in [3.05, 3.63) is 0 Å². The van der Waals surface area contributed by atoms with Crippen molar-refractivity contribution in [2.45, 2.75) is 59.0 Å². The van der Waals surface area contributed by atoms with Gasteiger partial charge in [-0.1, -0.05) is 46.5 Å². The third-order valence-electron chi connectivity index (χ3n) is 1.43. The van der Waals surface area contributed by atoms with Crippen LogP contribution in [0.1, 0.15) is 52.9 Å². The highest BCUT2D eigenvalue weighted by molar-refractivity contribution is 4.40. The number of rotatable bonds is 4. The Kier molecular flexibility index (Phi) is 15.4. The highest BCUT2D eigenvalue weighted by atomic mass is 14.8. The normalized spacial score (nSPS) is 9.27. The van der Waals surface area contributed by atoms with Crippen LogP contribution in [0.25, 0.3) is 0 Å². The first kappa shape index (κ1) is 13.5. The van der Waals surface area contributed by atoms with E-state index in [9.17, 15) is 0 Å². The molecule has 0 fully saturated rings. The second kappa shape index (κ2) is 12.6. The van der Waals surface area contributed by atoms with Crippen LogP contribution < -0.4 is 11.5 Å². The lowest BCUT2D eigenvalue weighted by Gasteiger charge is -1.92. The predicted molar refractivity (Wildman–Crippen MR) is 52.3 cm³/mol. The maximum Gasteiger partial charge on any atom is 0.0518 e. The molecule has 0 aromatic carbocycles. The summed E-state index contributed by atoms with van der Waals surface area (Å²) in [5.74, 6) is 0. The first-order chi connectivity index (χ1) is 5.18. The van der Waals surface area contributed by atoms with Gasteiger partial charge in [0, 0.05) is 0 Å². The topological polar surface area (TPSA) is 52.0 Å². The molecule has 2 heteroatoms. The molecule has 0 saturated heterocycles. The molecule has 0 rings (SSSR count). The Morgan fingerprint density at radius 2 is 1.18 bits per heavy atom. The largest absolute Gasteiger partial charge is 0.316 e. The summed E-state index contributed by atoms with van der Waals surface area (Å²) in [4.78, 5) is 0. The monoisotopic (exact) mass is 160 g/mol. The zero-order chi connectivity index (χ0) is 9.11. The van der Waals surface area contributed by atoms with Gasteiger partial charge in [-0.25, -0.2) is 0 Å². The fraction of sp³-hybridized carbons (Fsp3) is 1.00. The lowest BCUT2D eigenvalue weighted by molar-refractivity contribution is 0.682. The second-order valence-electron chi connectivity index (χ2n) is 2.78. The first-order valence-corrected chi connectivity index (χ1v) is 4.70. The van der Waals surface area contributed by atoms with Gasteiger partial charge in [0.25, 0.3) is 0 Å². The molecule has 0 heterocycles. The third-order valence-corrected chi connectivity index (χ3v) is 1.43. The van der Waals surface area contributed by atoms with Gasteiger partial charge in [0.15, 0.2) is 0 Å². The van der Waals surface area contributed by atoms with Crippen molar-refractivity contribution in [1.82, 2.24) is 0 Å². The molecule has 0 atom stereocenters. The van der Waals surface area contributed by atoms with E-state index in [-0.39, 0.29) is 6.17 Å².